The van der Waals surface area contributed by atoms with Crippen molar-refractivity contribution >= 4 is 0 Å². The monoisotopic (exact) mass is 168 g/mol. The van der Waals surface area contributed by atoms with Crippen molar-refractivity contribution in [2.75, 3.05) is 0 Å². The minimum Gasteiger partial charge on any atom is -0.390 e. The smallest absolute Gasteiger partial charge is 0.0673 e. The summed E-state index contributed by atoms with van der Waals surface area (Å²) in [5, 5.41) is 10.2. The molecule has 1 atom stereocenters. The molecular formula is C11H20O. The Morgan fingerprint density at radius 1 is 1.42 bits per heavy atom. The van der Waals surface area contributed by atoms with Crippen molar-refractivity contribution in [2.24, 2.45) is 11.3 Å². The molecule has 2 aliphatic rings. The molecule has 0 aliphatic heterocycles. The molecule has 2 saturated carbocycles. The van der Waals surface area contributed by atoms with Crippen LogP contribution in [0.4, 0.5) is 0 Å². The van der Waals surface area contributed by atoms with Crippen molar-refractivity contribution in [3.05, 3.63) is 0 Å². The van der Waals surface area contributed by atoms with Gasteiger partial charge in [0.15, 0.2) is 0 Å². The minimum atomic E-state index is -0.379. The number of aliphatic hydroxyl groups is 1. The van der Waals surface area contributed by atoms with Crippen molar-refractivity contribution in [1.29, 1.82) is 0 Å². The summed E-state index contributed by atoms with van der Waals surface area (Å²) in [5.41, 5.74) is -0.114. The third-order valence-electron chi connectivity index (χ3n) is 4.04. The molecule has 0 aromatic carbocycles. The van der Waals surface area contributed by atoms with Gasteiger partial charge < -0.3 is 5.11 Å². The lowest BCUT2D eigenvalue weighted by atomic mass is 9.83. The largest absolute Gasteiger partial charge is 0.390 e. The molecule has 0 heterocycles. The Kier molecular flexibility index (Phi) is 1.76. The van der Waals surface area contributed by atoms with E-state index in [2.05, 4.69) is 6.92 Å². The maximum absolute atomic E-state index is 10.2. The second-order valence-electron chi connectivity index (χ2n) is 5.32. The van der Waals surface area contributed by atoms with Crippen LogP contribution in [0.15, 0.2) is 0 Å². The first kappa shape index (κ1) is 8.55. The van der Waals surface area contributed by atoms with Crippen LogP contribution in [-0.2, 0) is 0 Å². The van der Waals surface area contributed by atoms with Crippen LogP contribution in [-0.4, -0.2) is 10.7 Å². The molecule has 1 N–H and O–H groups in total. The van der Waals surface area contributed by atoms with Crippen LogP contribution in [0.25, 0.3) is 0 Å². The van der Waals surface area contributed by atoms with Crippen LogP contribution in [0.1, 0.15) is 52.4 Å². The third-order valence-corrected chi connectivity index (χ3v) is 4.04. The lowest BCUT2D eigenvalue weighted by molar-refractivity contribution is -0.0180. The van der Waals surface area contributed by atoms with Gasteiger partial charge in [-0.1, -0.05) is 19.8 Å². The molecule has 1 heteroatoms. The highest BCUT2D eigenvalue weighted by atomic mass is 16.3. The molecule has 0 amide bonds. The van der Waals surface area contributed by atoms with Crippen LogP contribution in [0.5, 0.6) is 0 Å². The van der Waals surface area contributed by atoms with Gasteiger partial charge in [-0.2, -0.15) is 0 Å². The lowest BCUT2D eigenvalue weighted by Crippen LogP contribution is -2.34. The van der Waals surface area contributed by atoms with Gasteiger partial charge in [-0.3, -0.25) is 0 Å². The van der Waals surface area contributed by atoms with Crippen molar-refractivity contribution < 1.29 is 5.11 Å². The minimum absolute atomic E-state index is 0.266. The normalized spacial score (nSPS) is 31.2. The van der Waals surface area contributed by atoms with Crippen LogP contribution < -0.4 is 0 Å². The molecule has 0 aromatic heterocycles. The van der Waals surface area contributed by atoms with E-state index in [4.69, 9.17) is 0 Å². The Balaban J connectivity index is 1.82. The fourth-order valence-electron chi connectivity index (χ4n) is 1.92. The fourth-order valence-corrected chi connectivity index (χ4v) is 1.92. The number of rotatable bonds is 4. The molecule has 0 radical (unpaired) electrons. The third kappa shape index (κ3) is 1.52. The highest BCUT2D eigenvalue weighted by molar-refractivity contribution is 5.03. The van der Waals surface area contributed by atoms with Crippen molar-refractivity contribution in [1.82, 2.24) is 0 Å². The summed E-state index contributed by atoms with van der Waals surface area (Å²) in [7, 11) is 0. The Morgan fingerprint density at radius 2 is 2.00 bits per heavy atom. The van der Waals surface area contributed by atoms with Gasteiger partial charge >= 0.3 is 0 Å². The first-order valence-electron chi connectivity index (χ1n) is 5.26. The summed E-state index contributed by atoms with van der Waals surface area (Å²) in [6.07, 6.45) is 7.55. The average molecular weight is 168 g/mol. The quantitative estimate of drug-likeness (QED) is 0.684. The van der Waals surface area contributed by atoms with E-state index in [-0.39, 0.29) is 11.0 Å². The molecule has 0 spiro atoms. The van der Waals surface area contributed by atoms with E-state index in [9.17, 15) is 5.11 Å². The molecule has 12 heavy (non-hydrogen) atoms. The zero-order valence-electron chi connectivity index (χ0n) is 8.27. The van der Waals surface area contributed by atoms with E-state index in [1.165, 1.54) is 32.1 Å². The Hall–Kier alpha value is -0.0400. The second-order valence-corrected chi connectivity index (χ2v) is 5.32. The van der Waals surface area contributed by atoms with E-state index < -0.39 is 0 Å². The molecule has 1 nitrogen and oxygen atoms in total. The van der Waals surface area contributed by atoms with E-state index in [1.54, 1.807) is 0 Å². The standard InChI is InChI=1S/C11H20O/c1-10(7-8-10)11(2,12)6-5-9-3-4-9/h9,12H,3-8H2,1-2H3. The molecule has 2 aliphatic carbocycles. The van der Waals surface area contributed by atoms with Crippen molar-refractivity contribution in [2.45, 2.75) is 58.0 Å². The lowest BCUT2D eigenvalue weighted by Gasteiger charge is -2.30. The van der Waals surface area contributed by atoms with Gasteiger partial charge in [-0.25, -0.2) is 0 Å². The van der Waals surface area contributed by atoms with Crippen LogP contribution >= 0.6 is 0 Å². The van der Waals surface area contributed by atoms with Crippen LogP contribution in [0.3, 0.4) is 0 Å². The maximum Gasteiger partial charge on any atom is 0.0673 e. The summed E-state index contributed by atoms with van der Waals surface area (Å²) in [5.74, 6) is 0.957. The summed E-state index contributed by atoms with van der Waals surface area (Å²) in [6.45, 7) is 4.25. The molecule has 0 saturated heterocycles. The summed E-state index contributed by atoms with van der Waals surface area (Å²) in [6, 6.07) is 0. The van der Waals surface area contributed by atoms with Gasteiger partial charge in [0.05, 0.1) is 5.60 Å². The van der Waals surface area contributed by atoms with Gasteiger partial charge in [0.2, 0.25) is 0 Å². The maximum atomic E-state index is 10.2. The van der Waals surface area contributed by atoms with Crippen molar-refractivity contribution in [3.8, 4) is 0 Å². The SMILES string of the molecule is CC(O)(CCC1CC1)C1(C)CC1. The average Bonchev–Trinajstić information content (AvgIpc) is 2.78. The number of hydrogen-bond acceptors (Lipinski definition) is 1. The van der Waals surface area contributed by atoms with E-state index >= 15 is 0 Å². The summed E-state index contributed by atoms with van der Waals surface area (Å²) >= 11 is 0. The molecule has 1 unspecified atom stereocenters. The molecule has 0 bridgehead atoms. The Bertz CT molecular complexity index is 175. The molecular weight excluding hydrogens is 148 g/mol. The Labute approximate surface area is 75.2 Å². The topological polar surface area (TPSA) is 20.2 Å². The summed E-state index contributed by atoms with van der Waals surface area (Å²) < 4.78 is 0. The number of hydrogen-bond donors (Lipinski definition) is 1. The van der Waals surface area contributed by atoms with Crippen LogP contribution in [0, 0.1) is 11.3 Å². The van der Waals surface area contributed by atoms with E-state index in [1.807, 2.05) is 6.92 Å². The first-order valence-corrected chi connectivity index (χ1v) is 5.26. The van der Waals surface area contributed by atoms with E-state index in [0.29, 0.717) is 0 Å². The highest BCUT2D eigenvalue weighted by Gasteiger charge is 2.51. The second kappa shape index (κ2) is 2.47. The van der Waals surface area contributed by atoms with Gasteiger partial charge in [0.1, 0.15) is 0 Å². The molecule has 2 fully saturated rings. The zero-order chi connectivity index (χ0) is 8.82. The van der Waals surface area contributed by atoms with Gasteiger partial charge in [-0.15, -0.1) is 0 Å². The summed E-state index contributed by atoms with van der Waals surface area (Å²) in [4.78, 5) is 0. The Morgan fingerprint density at radius 3 is 2.42 bits per heavy atom. The fraction of sp³-hybridized carbons (Fsp3) is 1.00. The zero-order valence-corrected chi connectivity index (χ0v) is 8.27. The van der Waals surface area contributed by atoms with Gasteiger partial charge in [0.25, 0.3) is 0 Å². The predicted molar refractivity (Wildman–Crippen MR) is 49.9 cm³/mol. The molecule has 70 valence electrons. The molecule has 2 rings (SSSR count). The van der Waals surface area contributed by atoms with E-state index in [0.717, 1.165) is 12.3 Å². The van der Waals surface area contributed by atoms with Gasteiger partial charge in [0, 0.05) is 0 Å². The first-order chi connectivity index (χ1) is 5.54. The predicted octanol–water partition coefficient (Wildman–Crippen LogP) is 2.73. The van der Waals surface area contributed by atoms with Crippen LogP contribution in [0.2, 0.25) is 0 Å². The van der Waals surface area contributed by atoms with Gasteiger partial charge in [-0.05, 0) is 43.9 Å². The van der Waals surface area contributed by atoms with Crippen molar-refractivity contribution in [3.63, 3.8) is 0 Å². The highest BCUT2D eigenvalue weighted by Crippen LogP contribution is 2.55. The molecule has 0 aromatic rings.